The van der Waals surface area contributed by atoms with Crippen molar-refractivity contribution in [1.29, 1.82) is 0 Å². The summed E-state index contributed by atoms with van der Waals surface area (Å²) in [6, 6.07) is 15.6. The molecule has 1 aliphatic heterocycles. The monoisotopic (exact) mass is 634 g/mol. The van der Waals surface area contributed by atoms with Crippen molar-refractivity contribution in [3.8, 4) is 17.0 Å². The Morgan fingerprint density at radius 3 is 2.37 bits per heavy atom. The van der Waals surface area contributed by atoms with E-state index in [1.54, 1.807) is 36.4 Å². The van der Waals surface area contributed by atoms with Gasteiger partial charge in [-0.1, -0.05) is 30.3 Å². The quantitative estimate of drug-likeness (QED) is 0.249. The lowest BCUT2D eigenvalue weighted by Gasteiger charge is -2.18. The largest absolute Gasteiger partial charge is 0.497 e. The van der Waals surface area contributed by atoms with Gasteiger partial charge in [-0.15, -0.1) is 0 Å². The van der Waals surface area contributed by atoms with E-state index in [0.717, 1.165) is 23.8 Å². The molecule has 1 aliphatic rings. The number of aromatic amines is 1. The highest BCUT2D eigenvalue weighted by molar-refractivity contribution is 7.90. The minimum absolute atomic E-state index is 0.00261. The van der Waals surface area contributed by atoms with Crippen LogP contribution in [0.25, 0.3) is 11.3 Å². The van der Waals surface area contributed by atoms with Crippen LogP contribution in [-0.4, -0.2) is 39.8 Å². The van der Waals surface area contributed by atoms with Gasteiger partial charge in [0.05, 0.1) is 41.9 Å². The van der Waals surface area contributed by atoms with Gasteiger partial charge in [0.15, 0.2) is 0 Å². The van der Waals surface area contributed by atoms with E-state index in [1.165, 1.54) is 25.4 Å². The Morgan fingerprint density at radius 1 is 1.07 bits per heavy atom. The fraction of sp³-hybridized carbons (Fsp3) is 0.214. The first-order valence-electron chi connectivity index (χ1n) is 12.8. The van der Waals surface area contributed by atoms with Crippen molar-refractivity contribution in [2.24, 2.45) is 0 Å². The minimum atomic E-state index is -4.74. The van der Waals surface area contributed by atoms with Crippen molar-refractivity contribution >= 4 is 26.0 Å². The number of ether oxygens (including phenoxy) is 1. The summed E-state index contributed by atoms with van der Waals surface area (Å²) in [6.45, 7) is 0. The van der Waals surface area contributed by atoms with Crippen LogP contribution in [0.2, 0.25) is 0 Å². The number of amides is 1. The number of imidazole rings is 1. The van der Waals surface area contributed by atoms with Gasteiger partial charge in [0, 0.05) is 0 Å². The van der Waals surface area contributed by atoms with Crippen LogP contribution in [0.5, 0.6) is 5.75 Å². The number of carbonyl (C=O) groups excluding carboxylic acids is 1. The molecule has 3 aromatic carbocycles. The van der Waals surface area contributed by atoms with Crippen LogP contribution in [-0.2, 0) is 37.4 Å². The lowest BCUT2D eigenvalue weighted by Crippen LogP contribution is -2.31. The SMILES string of the molecule is COc1ccc(-c2cnc(C(Cc3ccc(C4CC(=O)NS4(=O)=O)cc3)NS(=O)(=O)c3cccc(C(F)(F)F)c3)[nH]2)cc1. The fourth-order valence-corrected chi connectivity index (χ4v) is 7.35. The van der Waals surface area contributed by atoms with Crippen molar-refractivity contribution in [2.75, 3.05) is 7.11 Å². The predicted octanol–water partition coefficient (Wildman–Crippen LogP) is 4.26. The molecule has 1 fully saturated rings. The third kappa shape index (κ3) is 6.73. The molecule has 0 saturated carbocycles. The summed E-state index contributed by atoms with van der Waals surface area (Å²) in [5.74, 6) is 0.214. The first-order valence-corrected chi connectivity index (χ1v) is 15.8. The van der Waals surface area contributed by atoms with E-state index in [4.69, 9.17) is 4.74 Å². The molecule has 10 nitrogen and oxygen atoms in total. The van der Waals surface area contributed by atoms with Crippen molar-refractivity contribution in [3.63, 3.8) is 0 Å². The van der Waals surface area contributed by atoms with Gasteiger partial charge in [-0.05, 0) is 65.6 Å². The third-order valence-corrected chi connectivity index (χ3v) is 10.1. The number of benzene rings is 3. The second-order valence-electron chi connectivity index (χ2n) is 9.82. The number of rotatable bonds is 9. The Kier molecular flexibility index (Phi) is 8.07. The number of hydrogen-bond donors (Lipinski definition) is 3. The molecule has 3 N–H and O–H groups in total. The first-order chi connectivity index (χ1) is 20.2. The van der Waals surface area contributed by atoms with E-state index >= 15 is 0 Å². The van der Waals surface area contributed by atoms with Crippen molar-refractivity contribution in [3.05, 3.63) is 102 Å². The molecule has 5 rings (SSSR count). The molecule has 1 saturated heterocycles. The van der Waals surface area contributed by atoms with Crippen LogP contribution in [0.4, 0.5) is 13.2 Å². The van der Waals surface area contributed by atoms with Crippen LogP contribution >= 0.6 is 0 Å². The standard InChI is InChI=1S/C28H25F3N4O6S2/c1-41-21-11-9-18(10-12-21)24-16-32-27(33-24)23(34-42(37,38)22-4-2-3-20(14-22)28(29,30)31)13-17-5-7-19(8-6-17)25-15-26(36)35-43(25,39)40/h2-12,14,16,23,25,34H,13,15H2,1H3,(H,32,33)(H,35,36). The van der Waals surface area contributed by atoms with Crippen LogP contribution in [0.1, 0.15) is 40.2 Å². The fourth-order valence-electron chi connectivity index (χ4n) is 4.67. The average molecular weight is 635 g/mol. The molecule has 0 radical (unpaired) electrons. The zero-order valence-corrected chi connectivity index (χ0v) is 24.1. The highest BCUT2D eigenvalue weighted by Gasteiger charge is 2.38. The summed E-state index contributed by atoms with van der Waals surface area (Å²) < 4.78 is 101. The van der Waals surface area contributed by atoms with Crippen molar-refractivity contribution in [2.45, 2.75) is 35.2 Å². The lowest BCUT2D eigenvalue weighted by molar-refractivity contribution is -0.137. The number of hydrogen-bond acceptors (Lipinski definition) is 7. The molecule has 2 atom stereocenters. The van der Waals surface area contributed by atoms with E-state index < -0.39 is 53.9 Å². The summed E-state index contributed by atoms with van der Waals surface area (Å²) in [6.07, 6.45) is -3.46. The number of alkyl halides is 3. The van der Waals surface area contributed by atoms with Gasteiger partial charge < -0.3 is 9.72 Å². The number of nitrogens with zero attached hydrogens (tertiary/aromatic N) is 1. The second kappa shape index (κ2) is 11.5. The molecular weight excluding hydrogens is 609 g/mol. The van der Waals surface area contributed by atoms with Gasteiger partial charge in [0.25, 0.3) is 0 Å². The Morgan fingerprint density at radius 2 is 1.77 bits per heavy atom. The third-order valence-electron chi connectivity index (χ3n) is 6.89. The number of carbonyl (C=O) groups is 1. The molecule has 2 heterocycles. The maximum atomic E-state index is 13.3. The molecule has 226 valence electrons. The number of halogens is 3. The molecule has 2 unspecified atom stereocenters. The number of methoxy groups -OCH3 is 1. The van der Waals surface area contributed by atoms with Gasteiger partial charge >= 0.3 is 6.18 Å². The van der Waals surface area contributed by atoms with Gasteiger partial charge in [-0.3, -0.25) is 9.52 Å². The molecule has 0 spiro atoms. The highest BCUT2D eigenvalue weighted by Crippen LogP contribution is 2.33. The van der Waals surface area contributed by atoms with Crippen molar-refractivity contribution in [1.82, 2.24) is 19.4 Å². The molecule has 1 aromatic heterocycles. The maximum absolute atomic E-state index is 13.3. The summed E-state index contributed by atoms with van der Waals surface area (Å²) in [5, 5.41) is -1.05. The summed E-state index contributed by atoms with van der Waals surface area (Å²) in [7, 11) is -6.80. The summed E-state index contributed by atoms with van der Waals surface area (Å²) >= 11 is 0. The predicted molar refractivity (Wildman–Crippen MR) is 150 cm³/mol. The average Bonchev–Trinajstić information content (AvgIpc) is 3.56. The van der Waals surface area contributed by atoms with E-state index in [2.05, 4.69) is 14.7 Å². The van der Waals surface area contributed by atoms with Crippen LogP contribution < -0.4 is 14.2 Å². The molecule has 15 heteroatoms. The first kappa shape index (κ1) is 30.3. The summed E-state index contributed by atoms with van der Waals surface area (Å²) in [4.78, 5) is 18.5. The maximum Gasteiger partial charge on any atom is 0.416 e. The minimum Gasteiger partial charge on any atom is -0.497 e. The Bertz CT molecular complexity index is 1860. The van der Waals surface area contributed by atoms with E-state index in [9.17, 15) is 34.8 Å². The lowest BCUT2D eigenvalue weighted by atomic mass is 10.0. The Hall–Kier alpha value is -4.21. The van der Waals surface area contributed by atoms with Crippen LogP contribution in [0.15, 0.2) is 83.9 Å². The van der Waals surface area contributed by atoms with Gasteiger partial charge in [0.1, 0.15) is 16.8 Å². The molecule has 0 aliphatic carbocycles. The van der Waals surface area contributed by atoms with Gasteiger partial charge in [-0.25, -0.2) is 26.5 Å². The van der Waals surface area contributed by atoms with E-state index in [0.29, 0.717) is 28.6 Å². The zero-order valence-electron chi connectivity index (χ0n) is 22.4. The molecular formula is C28H25F3N4O6S2. The molecule has 0 bridgehead atoms. The number of nitrogens with one attached hydrogen (secondary N) is 3. The van der Waals surface area contributed by atoms with E-state index in [-0.39, 0.29) is 18.7 Å². The van der Waals surface area contributed by atoms with Gasteiger partial charge in [-0.2, -0.15) is 13.2 Å². The summed E-state index contributed by atoms with van der Waals surface area (Å²) in [5.41, 5.74) is 1.11. The number of aromatic nitrogens is 2. The molecule has 43 heavy (non-hydrogen) atoms. The van der Waals surface area contributed by atoms with Crippen molar-refractivity contribution < 1.29 is 39.5 Å². The molecule has 1 amide bonds. The Labute approximate surface area is 245 Å². The number of sulfonamides is 2. The Balaban J connectivity index is 1.46. The van der Waals surface area contributed by atoms with E-state index in [1.807, 2.05) is 4.72 Å². The highest BCUT2D eigenvalue weighted by atomic mass is 32.2. The smallest absolute Gasteiger partial charge is 0.416 e. The van der Waals surface area contributed by atoms with Crippen LogP contribution in [0, 0.1) is 0 Å². The molecule has 4 aromatic rings. The number of H-pyrrole nitrogens is 1. The van der Waals surface area contributed by atoms with Gasteiger partial charge in [0.2, 0.25) is 26.0 Å². The zero-order chi connectivity index (χ0) is 31.0. The van der Waals surface area contributed by atoms with Crippen LogP contribution in [0.3, 0.4) is 0 Å². The topological polar surface area (TPSA) is 147 Å². The normalized spacial score (nSPS) is 17.4. The second-order valence-corrected chi connectivity index (χ2v) is 13.4.